The van der Waals surface area contributed by atoms with Crippen LogP contribution in [0, 0.1) is 26.0 Å². The first kappa shape index (κ1) is 18.5. The summed E-state index contributed by atoms with van der Waals surface area (Å²) in [6.07, 6.45) is 1.37. The van der Waals surface area contributed by atoms with Crippen molar-refractivity contribution in [2.75, 3.05) is 0 Å². The van der Waals surface area contributed by atoms with Crippen LogP contribution in [0.1, 0.15) is 11.1 Å². The van der Waals surface area contributed by atoms with Gasteiger partial charge in [-0.15, -0.1) is 0 Å². The smallest absolute Gasteiger partial charge is 0.507 e. The number of nitrogens with zero attached hydrogens (tertiary/aromatic N) is 1. The maximum atomic E-state index is 12.9. The maximum absolute atomic E-state index is 12.9. The van der Waals surface area contributed by atoms with Gasteiger partial charge in [0.25, 0.3) is 0 Å². The van der Waals surface area contributed by atoms with Gasteiger partial charge in [-0.1, -0.05) is 12.1 Å². The quantitative estimate of drug-likeness (QED) is 0.504. The molecule has 2 aromatic carbocycles. The van der Waals surface area contributed by atoms with E-state index in [2.05, 4.69) is 4.99 Å². The van der Waals surface area contributed by atoms with E-state index in [1.165, 1.54) is 6.21 Å². The molecule has 0 aliphatic heterocycles. The number of phenolic OH excluding ortho intramolecular Hbond substituents is 1. The van der Waals surface area contributed by atoms with Gasteiger partial charge < -0.3 is 12.5 Å². The van der Waals surface area contributed by atoms with Crippen LogP contribution in [0.15, 0.2) is 41.4 Å². The molecule has 0 aromatic heterocycles. The summed E-state index contributed by atoms with van der Waals surface area (Å²) in [6.45, 7) is 1.76. The molecule has 5 heteroatoms. The van der Waals surface area contributed by atoms with Crippen molar-refractivity contribution in [1.29, 1.82) is 0 Å². The molecule has 0 aliphatic carbocycles. The number of para-hydroxylation sites is 1. The van der Waals surface area contributed by atoms with Crippen LogP contribution in [0.2, 0.25) is 0 Å². The zero-order chi connectivity index (χ0) is 13.1. The molecule has 0 radical (unpaired) electrons. The van der Waals surface area contributed by atoms with Crippen LogP contribution < -0.4 is 0 Å². The van der Waals surface area contributed by atoms with Crippen LogP contribution in [0.3, 0.4) is 0 Å². The topological polar surface area (TPSA) is 32.6 Å². The van der Waals surface area contributed by atoms with Crippen molar-refractivity contribution in [2.24, 2.45) is 4.99 Å². The van der Waals surface area contributed by atoms with E-state index in [-0.39, 0.29) is 40.6 Å². The number of halogens is 2. The summed E-state index contributed by atoms with van der Waals surface area (Å²) in [5.41, 5.74) is 1.37. The van der Waals surface area contributed by atoms with Gasteiger partial charge in [0.2, 0.25) is 0 Å². The molecule has 0 spiro atoms. The molecule has 0 heterocycles. The number of aliphatic imine (C=N–C) groups is 1. The van der Waals surface area contributed by atoms with Crippen LogP contribution in [-0.2, 0) is 21.7 Å². The SMILES string of the molecule is Cc1cccc(C=Nc2cc(F)cc(F)c2)c1O.[CH3-].[Ti+2]. The molecule has 2 nitrogen and oxygen atoms in total. The Morgan fingerprint density at radius 1 is 1.10 bits per heavy atom. The molecule has 0 atom stereocenters. The van der Waals surface area contributed by atoms with Crippen LogP contribution in [0.5, 0.6) is 5.75 Å². The summed E-state index contributed by atoms with van der Waals surface area (Å²) in [7, 11) is 0. The molecule has 0 unspecified atom stereocenters. The van der Waals surface area contributed by atoms with Gasteiger partial charge in [0, 0.05) is 17.8 Å². The minimum Gasteiger partial charge on any atom is -0.507 e. The van der Waals surface area contributed by atoms with Crippen molar-refractivity contribution in [3.8, 4) is 5.75 Å². The Hall–Kier alpha value is -1.52. The van der Waals surface area contributed by atoms with E-state index in [1.807, 2.05) is 0 Å². The summed E-state index contributed by atoms with van der Waals surface area (Å²) in [6, 6.07) is 8.21. The fourth-order valence-electron chi connectivity index (χ4n) is 1.54. The van der Waals surface area contributed by atoms with Gasteiger partial charge in [-0.05, 0) is 30.7 Å². The van der Waals surface area contributed by atoms with Crippen molar-refractivity contribution >= 4 is 11.9 Å². The summed E-state index contributed by atoms with van der Waals surface area (Å²) >= 11 is 0. The zero-order valence-electron chi connectivity index (χ0n) is 11.2. The number of phenols is 1. The van der Waals surface area contributed by atoms with Crippen molar-refractivity contribution in [2.45, 2.75) is 6.92 Å². The van der Waals surface area contributed by atoms with Gasteiger partial charge in [0.15, 0.2) is 0 Å². The first-order chi connectivity index (χ1) is 8.56. The molecule has 0 saturated carbocycles. The van der Waals surface area contributed by atoms with E-state index in [4.69, 9.17) is 0 Å². The molecule has 0 aliphatic rings. The average molecular weight is 310 g/mol. The molecule has 0 fully saturated rings. The Kier molecular flexibility index (Phi) is 7.32. The molecule has 2 rings (SSSR count). The molecule has 2 aromatic rings. The second-order valence-corrected chi connectivity index (χ2v) is 3.90. The van der Waals surface area contributed by atoms with Crippen LogP contribution in [0.4, 0.5) is 14.5 Å². The Labute approximate surface area is 132 Å². The monoisotopic (exact) mass is 310 g/mol. The molecule has 102 valence electrons. The molecule has 1 N–H and O–H groups in total. The van der Waals surface area contributed by atoms with Crippen LogP contribution >= 0.6 is 0 Å². The van der Waals surface area contributed by atoms with E-state index in [0.717, 1.165) is 18.2 Å². The first-order valence-electron chi connectivity index (χ1n) is 5.35. The predicted molar refractivity (Wildman–Crippen MR) is 72.9 cm³/mol. The van der Waals surface area contributed by atoms with Gasteiger partial charge in [-0.2, -0.15) is 0 Å². The second kappa shape index (κ2) is 7.93. The average Bonchev–Trinajstić information content (AvgIpc) is 2.30. The summed E-state index contributed by atoms with van der Waals surface area (Å²) in [5, 5.41) is 9.75. The zero-order valence-corrected chi connectivity index (χ0v) is 12.8. The van der Waals surface area contributed by atoms with Crippen LogP contribution in [0.25, 0.3) is 0 Å². The van der Waals surface area contributed by atoms with E-state index in [9.17, 15) is 13.9 Å². The van der Waals surface area contributed by atoms with E-state index < -0.39 is 11.6 Å². The fourth-order valence-corrected chi connectivity index (χ4v) is 1.54. The van der Waals surface area contributed by atoms with Crippen LogP contribution in [-0.4, -0.2) is 11.3 Å². The first-order valence-corrected chi connectivity index (χ1v) is 5.35. The largest absolute Gasteiger partial charge is 2.00 e. The van der Waals surface area contributed by atoms with Gasteiger partial charge in [-0.25, -0.2) is 8.78 Å². The molecule has 0 saturated heterocycles. The number of rotatable bonds is 2. The van der Waals surface area contributed by atoms with E-state index in [0.29, 0.717) is 11.1 Å². The van der Waals surface area contributed by atoms with Gasteiger partial charge in [0.1, 0.15) is 17.4 Å². The van der Waals surface area contributed by atoms with Gasteiger partial charge in [0.05, 0.1) is 5.69 Å². The van der Waals surface area contributed by atoms with Crippen molar-refractivity contribution < 1.29 is 35.6 Å². The number of aromatic hydroxyl groups is 1. The number of hydrogen-bond donors (Lipinski definition) is 1. The van der Waals surface area contributed by atoms with Gasteiger partial charge in [-0.3, -0.25) is 4.99 Å². The predicted octanol–water partition coefficient (Wildman–Crippen LogP) is 4.18. The molecule has 20 heavy (non-hydrogen) atoms. The Balaban J connectivity index is 0.00000180. The molecular weight excluding hydrogens is 296 g/mol. The van der Waals surface area contributed by atoms with Gasteiger partial charge >= 0.3 is 21.7 Å². The Bertz CT molecular complexity index is 595. The fraction of sp³-hybridized carbons (Fsp3) is 0.0667. The van der Waals surface area contributed by atoms with Crippen molar-refractivity contribution in [1.82, 2.24) is 0 Å². The minimum absolute atomic E-state index is 0. The maximum Gasteiger partial charge on any atom is 2.00 e. The molecule has 0 bridgehead atoms. The minimum atomic E-state index is -0.685. The number of benzene rings is 2. The third-order valence-electron chi connectivity index (χ3n) is 2.47. The number of hydrogen-bond acceptors (Lipinski definition) is 2. The van der Waals surface area contributed by atoms with E-state index >= 15 is 0 Å². The summed E-state index contributed by atoms with van der Waals surface area (Å²) < 4.78 is 25.9. The summed E-state index contributed by atoms with van der Waals surface area (Å²) in [4.78, 5) is 3.94. The Morgan fingerprint density at radius 3 is 2.30 bits per heavy atom. The van der Waals surface area contributed by atoms with Crippen molar-refractivity contribution in [3.63, 3.8) is 0 Å². The molecule has 0 amide bonds. The number of aryl methyl sites for hydroxylation is 1. The third kappa shape index (κ3) is 4.55. The second-order valence-electron chi connectivity index (χ2n) is 3.90. The summed E-state index contributed by atoms with van der Waals surface area (Å²) in [5.74, 6) is -1.26. The molecular formula is C15H14F2NOTi+. The normalized spacial score (nSPS) is 9.95. The standard InChI is InChI=1S/C14H11F2NO.CH3.Ti/c1-9-3-2-4-10(14(9)18)8-17-13-6-11(15)5-12(16)7-13;;/h2-8,18H,1H3;1H3;/q;-1;+2. The van der Waals surface area contributed by atoms with Crippen molar-refractivity contribution in [3.05, 3.63) is 66.6 Å². The third-order valence-corrected chi connectivity index (χ3v) is 2.47. The van der Waals surface area contributed by atoms with E-state index in [1.54, 1.807) is 25.1 Å². The Morgan fingerprint density at radius 2 is 1.70 bits per heavy atom.